The molecule has 0 bridgehead atoms. The second-order valence-electron chi connectivity index (χ2n) is 4.09. The fourth-order valence-corrected chi connectivity index (χ4v) is 1.96. The molecule has 6 nitrogen and oxygen atoms in total. The number of fused-ring (bicyclic) bond motifs is 1. The Morgan fingerprint density at radius 2 is 2.21 bits per heavy atom. The van der Waals surface area contributed by atoms with Crippen LogP contribution in [0.25, 0.3) is 11.0 Å². The number of nitriles is 1. The van der Waals surface area contributed by atoms with Crippen LogP contribution in [-0.4, -0.2) is 19.7 Å². The van der Waals surface area contributed by atoms with Gasteiger partial charge in [-0.15, -0.1) is 0 Å². The van der Waals surface area contributed by atoms with Gasteiger partial charge in [0.1, 0.15) is 0 Å². The Bertz CT molecular complexity index is 769. The molecule has 0 aliphatic heterocycles. The van der Waals surface area contributed by atoms with E-state index < -0.39 is 0 Å². The molecule has 92 valence electrons. The average molecular weight is 250 g/mol. The first-order valence-corrected chi connectivity index (χ1v) is 5.70. The summed E-state index contributed by atoms with van der Waals surface area (Å²) in [5, 5.41) is 16.8. The van der Waals surface area contributed by atoms with E-state index in [1.165, 1.54) is 0 Å². The number of nitrogens with two attached hydrogens (primary N) is 1. The van der Waals surface area contributed by atoms with Crippen LogP contribution in [0.15, 0.2) is 36.5 Å². The number of anilines is 1. The van der Waals surface area contributed by atoms with Crippen molar-refractivity contribution >= 4 is 17.0 Å². The van der Waals surface area contributed by atoms with E-state index in [4.69, 9.17) is 11.0 Å². The molecule has 2 heterocycles. The molecular formula is C13H10N6. The fraction of sp³-hybridized carbons (Fsp3) is 0.0769. The molecule has 0 radical (unpaired) electrons. The van der Waals surface area contributed by atoms with E-state index in [9.17, 15) is 0 Å². The molecular weight excluding hydrogens is 240 g/mol. The highest BCUT2D eigenvalue weighted by Crippen LogP contribution is 2.20. The van der Waals surface area contributed by atoms with Crippen molar-refractivity contribution in [1.29, 1.82) is 5.26 Å². The van der Waals surface area contributed by atoms with E-state index in [0.717, 1.165) is 16.7 Å². The quantitative estimate of drug-likeness (QED) is 0.740. The summed E-state index contributed by atoms with van der Waals surface area (Å²) in [6.07, 6.45) is 1.62. The molecule has 0 amide bonds. The van der Waals surface area contributed by atoms with Crippen LogP contribution in [0.5, 0.6) is 0 Å². The molecule has 0 atom stereocenters. The van der Waals surface area contributed by atoms with Crippen molar-refractivity contribution in [1.82, 2.24) is 19.7 Å². The maximum Gasteiger partial charge on any atom is 0.201 e. The van der Waals surface area contributed by atoms with Gasteiger partial charge in [0.25, 0.3) is 0 Å². The second-order valence-corrected chi connectivity index (χ2v) is 4.09. The molecule has 0 aliphatic rings. The molecule has 2 N–H and O–H groups in total. The van der Waals surface area contributed by atoms with Crippen LogP contribution in [0, 0.1) is 11.3 Å². The molecule has 0 fully saturated rings. The molecule has 3 rings (SSSR count). The molecule has 1 aromatic carbocycles. The normalized spacial score (nSPS) is 10.5. The third-order valence-corrected chi connectivity index (χ3v) is 2.85. The van der Waals surface area contributed by atoms with Crippen LogP contribution in [0.2, 0.25) is 0 Å². The third kappa shape index (κ3) is 1.98. The van der Waals surface area contributed by atoms with Crippen LogP contribution >= 0.6 is 0 Å². The van der Waals surface area contributed by atoms with Crippen LogP contribution < -0.4 is 5.73 Å². The number of imidazole rings is 1. The summed E-state index contributed by atoms with van der Waals surface area (Å²) in [6.45, 7) is 0.477. The first-order chi connectivity index (χ1) is 9.28. The lowest BCUT2D eigenvalue weighted by Crippen LogP contribution is -2.06. The maximum absolute atomic E-state index is 8.95. The van der Waals surface area contributed by atoms with Gasteiger partial charge in [0.05, 0.1) is 34.9 Å². The Kier molecular flexibility index (Phi) is 2.58. The summed E-state index contributed by atoms with van der Waals surface area (Å²) < 4.78 is 1.82. The van der Waals surface area contributed by atoms with Crippen molar-refractivity contribution in [3.63, 3.8) is 0 Å². The number of nitrogen functional groups attached to an aromatic ring is 1. The topological polar surface area (TPSA) is 93.4 Å². The van der Waals surface area contributed by atoms with Gasteiger partial charge in [0.15, 0.2) is 0 Å². The molecule has 0 aliphatic carbocycles. The Labute approximate surface area is 109 Å². The monoisotopic (exact) mass is 250 g/mol. The lowest BCUT2D eigenvalue weighted by atomic mass is 10.2. The predicted molar refractivity (Wildman–Crippen MR) is 70.0 cm³/mol. The first kappa shape index (κ1) is 11.2. The zero-order chi connectivity index (χ0) is 13.2. The van der Waals surface area contributed by atoms with E-state index in [1.807, 2.05) is 16.7 Å². The van der Waals surface area contributed by atoms with Gasteiger partial charge in [-0.05, 0) is 30.3 Å². The summed E-state index contributed by atoms with van der Waals surface area (Å²) in [7, 11) is 0. The van der Waals surface area contributed by atoms with Gasteiger partial charge in [0, 0.05) is 6.20 Å². The minimum Gasteiger partial charge on any atom is -0.369 e. The number of rotatable bonds is 2. The molecule has 0 unspecified atom stereocenters. The van der Waals surface area contributed by atoms with Crippen molar-refractivity contribution in [2.75, 3.05) is 5.73 Å². The maximum atomic E-state index is 8.95. The highest BCUT2D eigenvalue weighted by atomic mass is 15.2. The Hall–Kier alpha value is -2.94. The lowest BCUT2D eigenvalue weighted by molar-refractivity contribution is 0.782. The van der Waals surface area contributed by atoms with Crippen LogP contribution in [-0.2, 0) is 6.54 Å². The molecule has 6 heteroatoms. The van der Waals surface area contributed by atoms with Crippen LogP contribution in [0.3, 0.4) is 0 Å². The van der Waals surface area contributed by atoms with Crippen molar-refractivity contribution in [2.24, 2.45) is 0 Å². The second kappa shape index (κ2) is 4.38. The summed E-state index contributed by atoms with van der Waals surface area (Å²) in [6, 6.07) is 11.1. The first-order valence-electron chi connectivity index (χ1n) is 5.70. The summed E-state index contributed by atoms with van der Waals surface area (Å²) in [5.41, 5.74) is 8.86. The van der Waals surface area contributed by atoms with Gasteiger partial charge in [-0.25, -0.2) is 4.98 Å². The van der Waals surface area contributed by atoms with Gasteiger partial charge in [0.2, 0.25) is 5.95 Å². The van der Waals surface area contributed by atoms with Crippen molar-refractivity contribution in [2.45, 2.75) is 6.54 Å². The van der Waals surface area contributed by atoms with Crippen molar-refractivity contribution in [3.05, 3.63) is 47.8 Å². The minimum atomic E-state index is 0.399. The van der Waals surface area contributed by atoms with Crippen LogP contribution in [0.4, 0.5) is 5.95 Å². The largest absolute Gasteiger partial charge is 0.369 e. The number of hydrogen-bond donors (Lipinski definition) is 1. The number of hydrogen-bond acceptors (Lipinski definition) is 5. The summed E-state index contributed by atoms with van der Waals surface area (Å²) in [4.78, 5) is 4.27. The smallest absolute Gasteiger partial charge is 0.201 e. The van der Waals surface area contributed by atoms with Crippen molar-refractivity contribution in [3.8, 4) is 6.07 Å². The number of nitrogens with zero attached hydrogens (tertiary/aromatic N) is 5. The Morgan fingerprint density at radius 1 is 1.32 bits per heavy atom. The molecule has 0 saturated carbocycles. The van der Waals surface area contributed by atoms with E-state index in [-0.39, 0.29) is 0 Å². The molecule has 2 aromatic heterocycles. The summed E-state index contributed by atoms with van der Waals surface area (Å²) in [5.74, 6) is 0.399. The molecule has 3 aromatic rings. The highest BCUT2D eigenvalue weighted by Gasteiger charge is 2.09. The number of aromatic nitrogens is 4. The van der Waals surface area contributed by atoms with Gasteiger partial charge in [-0.1, -0.05) is 0 Å². The zero-order valence-electron chi connectivity index (χ0n) is 9.98. The van der Waals surface area contributed by atoms with Gasteiger partial charge < -0.3 is 10.3 Å². The van der Waals surface area contributed by atoms with E-state index >= 15 is 0 Å². The van der Waals surface area contributed by atoms with E-state index in [0.29, 0.717) is 18.1 Å². The van der Waals surface area contributed by atoms with E-state index in [2.05, 4.69) is 21.3 Å². The lowest BCUT2D eigenvalue weighted by Gasteiger charge is -2.05. The van der Waals surface area contributed by atoms with Gasteiger partial charge in [-0.2, -0.15) is 15.5 Å². The molecule has 19 heavy (non-hydrogen) atoms. The highest BCUT2D eigenvalue weighted by molar-refractivity contribution is 5.79. The molecule has 0 saturated heterocycles. The molecule has 0 spiro atoms. The van der Waals surface area contributed by atoms with Crippen LogP contribution in [0.1, 0.15) is 11.3 Å². The Balaban J connectivity index is 2.12. The SMILES string of the molecule is N#Cc1ccc2nc(N)n(Cc3cccnn3)c2c1. The average Bonchev–Trinajstić information content (AvgIpc) is 2.76. The minimum absolute atomic E-state index is 0.399. The van der Waals surface area contributed by atoms with Gasteiger partial charge in [-0.3, -0.25) is 0 Å². The van der Waals surface area contributed by atoms with Gasteiger partial charge >= 0.3 is 0 Å². The summed E-state index contributed by atoms with van der Waals surface area (Å²) >= 11 is 0. The van der Waals surface area contributed by atoms with E-state index in [1.54, 1.807) is 24.4 Å². The third-order valence-electron chi connectivity index (χ3n) is 2.85. The van der Waals surface area contributed by atoms with Crippen molar-refractivity contribution < 1.29 is 0 Å². The standard InChI is InChI=1S/C13H10N6/c14-7-9-3-4-11-12(6-9)19(13(15)17-11)8-10-2-1-5-16-18-10/h1-6H,8H2,(H2,15,17). The Morgan fingerprint density at radius 3 is 2.95 bits per heavy atom. The predicted octanol–water partition coefficient (Wildman–Crippen LogP) is 1.33. The fourth-order valence-electron chi connectivity index (χ4n) is 1.96. The number of benzene rings is 1. The zero-order valence-corrected chi connectivity index (χ0v) is 9.98.